The number of rotatable bonds is 5. The van der Waals surface area contributed by atoms with Gasteiger partial charge in [-0.1, -0.05) is 13.3 Å². The smallest absolute Gasteiger partial charge is 0.220 e. The van der Waals surface area contributed by atoms with Gasteiger partial charge in [-0.3, -0.25) is 4.79 Å². The highest BCUT2D eigenvalue weighted by Crippen LogP contribution is 2.10. The summed E-state index contributed by atoms with van der Waals surface area (Å²) < 4.78 is 0. The van der Waals surface area contributed by atoms with Gasteiger partial charge < -0.3 is 11.1 Å². The van der Waals surface area contributed by atoms with Crippen LogP contribution >= 0.6 is 0 Å². The topological polar surface area (TPSA) is 55.1 Å². The number of carbonyl (C=O) groups is 1. The number of nitrogens with one attached hydrogen (secondary N) is 1. The van der Waals surface area contributed by atoms with Crippen LogP contribution in [-0.2, 0) is 4.79 Å². The predicted octanol–water partition coefficient (Wildman–Crippen LogP) is 1.67. The standard InChI is InChI=1S/C11H24N2O/c1-5-6-9(8-12)7-10(14)13-11(2,3)4/h9H,5-8,12H2,1-4H3,(H,13,14). The van der Waals surface area contributed by atoms with E-state index in [9.17, 15) is 4.79 Å². The maximum atomic E-state index is 11.5. The zero-order chi connectivity index (χ0) is 11.2. The molecule has 0 saturated carbocycles. The van der Waals surface area contributed by atoms with Crippen molar-refractivity contribution in [1.29, 1.82) is 0 Å². The molecular formula is C11H24N2O. The van der Waals surface area contributed by atoms with Crippen LogP contribution in [0.1, 0.15) is 47.0 Å². The van der Waals surface area contributed by atoms with E-state index in [1.165, 1.54) is 0 Å². The minimum atomic E-state index is -0.136. The summed E-state index contributed by atoms with van der Waals surface area (Å²) in [5, 5.41) is 2.95. The summed E-state index contributed by atoms with van der Waals surface area (Å²) in [6, 6.07) is 0. The number of amides is 1. The van der Waals surface area contributed by atoms with Gasteiger partial charge in [-0.15, -0.1) is 0 Å². The Hall–Kier alpha value is -0.570. The van der Waals surface area contributed by atoms with Gasteiger partial charge in [-0.2, -0.15) is 0 Å². The highest BCUT2D eigenvalue weighted by molar-refractivity contribution is 5.76. The molecule has 0 radical (unpaired) electrons. The van der Waals surface area contributed by atoms with Gasteiger partial charge in [0, 0.05) is 12.0 Å². The monoisotopic (exact) mass is 200 g/mol. The summed E-state index contributed by atoms with van der Waals surface area (Å²) in [4.78, 5) is 11.5. The zero-order valence-electron chi connectivity index (χ0n) is 9.89. The number of nitrogens with two attached hydrogens (primary N) is 1. The molecule has 0 bridgehead atoms. The van der Waals surface area contributed by atoms with Gasteiger partial charge in [-0.05, 0) is 39.7 Å². The molecule has 1 unspecified atom stereocenters. The normalized spacial score (nSPS) is 13.8. The van der Waals surface area contributed by atoms with Crippen molar-refractivity contribution in [3.63, 3.8) is 0 Å². The first-order chi connectivity index (χ1) is 6.39. The van der Waals surface area contributed by atoms with Crippen molar-refractivity contribution in [2.75, 3.05) is 6.54 Å². The quantitative estimate of drug-likeness (QED) is 0.709. The molecule has 84 valence electrons. The lowest BCUT2D eigenvalue weighted by molar-refractivity contribution is -0.123. The highest BCUT2D eigenvalue weighted by Gasteiger charge is 2.16. The molecule has 0 aromatic rings. The van der Waals surface area contributed by atoms with Crippen molar-refractivity contribution in [3.05, 3.63) is 0 Å². The van der Waals surface area contributed by atoms with Gasteiger partial charge in [-0.25, -0.2) is 0 Å². The van der Waals surface area contributed by atoms with Crippen LogP contribution in [-0.4, -0.2) is 18.0 Å². The molecule has 3 heteroatoms. The van der Waals surface area contributed by atoms with E-state index in [4.69, 9.17) is 5.73 Å². The van der Waals surface area contributed by atoms with Crippen molar-refractivity contribution >= 4 is 5.91 Å². The molecule has 0 aliphatic heterocycles. The van der Waals surface area contributed by atoms with Crippen molar-refractivity contribution in [2.45, 2.75) is 52.5 Å². The van der Waals surface area contributed by atoms with E-state index in [1.807, 2.05) is 20.8 Å². The molecule has 0 fully saturated rings. The first kappa shape index (κ1) is 13.4. The summed E-state index contributed by atoms with van der Waals surface area (Å²) >= 11 is 0. The summed E-state index contributed by atoms with van der Waals surface area (Å²) in [5.41, 5.74) is 5.45. The van der Waals surface area contributed by atoms with E-state index in [-0.39, 0.29) is 11.4 Å². The third kappa shape index (κ3) is 6.89. The third-order valence-electron chi connectivity index (χ3n) is 2.02. The highest BCUT2D eigenvalue weighted by atomic mass is 16.1. The average Bonchev–Trinajstić information content (AvgIpc) is 2.00. The second-order valence-corrected chi connectivity index (χ2v) is 4.89. The zero-order valence-corrected chi connectivity index (χ0v) is 9.89. The van der Waals surface area contributed by atoms with Crippen LogP contribution in [0.2, 0.25) is 0 Å². The molecule has 0 aliphatic rings. The molecule has 1 amide bonds. The minimum absolute atomic E-state index is 0.112. The largest absolute Gasteiger partial charge is 0.352 e. The van der Waals surface area contributed by atoms with E-state index in [0.717, 1.165) is 12.8 Å². The molecule has 0 saturated heterocycles. The Morgan fingerprint density at radius 1 is 1.43 bits per heavy atom. The molecule has 0 aromatic heterocycles. The minimum Gasteiger partial charge on any atom is -0.352 e. The maximum absolute atomic E-state index is 11.5. The van der Waals surface area contributed by atoms with Crippen LogP contribution in [0.3, 0.4) is 0 Å². The van der Waals surface area contributed by atoms with Gasteiger partial charge in [0.2, 0.25) is 5.91 Å². The second kappa shape index (κ2) is 6.02. The predicted molar refractivity (Wildman–Crippen MR) is 60.0 cm³/mol. The summed E-state index contributed by atoms with van der Waals surface area (Å²) in [5.74, 6) is 0.448. The Bertz CT molecular complexity index is 173. The fourth-order valence-electron chi connectivity index (χ4n) is 1.44. The van der Waals surface area contributed by atoms with Crippen molar-refractivity contribution in [2.24, 2.45) is 11.7 Å². The first-order valence-electron chi connectivity index (χ1n) is 5.40. The Morgan fingerprint density at radius 2 is 2.00 bits per heavy atom. The Morgan fingerprint density at radius 3 is 2.36 bits per heavy atom. The molecule has 0 aromatic carbocycles. The first-order valence-corrected chi connectivity index (χ1v) is 5.40. The molecule has 0 spiro atoms. The lowest BCUT2D eigenvalue weighted by Gasteiger charge is -2.22. The van der Waals surface area contributed by atoms with Crippen LogP contribution in [0.5, 0.6) is 0 Å². The van der Waals surface area contributed by atoms with E-state index < -0.39 is 0 Å². The van der Waals surface area contributed by atoms with E-state index >= 15 is 0 Å². The van der Waals surface area contributed by atoms with Crippen LogP contribution in [0.15, 0.2) is 0 Å². The van der Waals surface area contributed by atoms with E-state index in [1.54, 1.807) is 0 Å². The van der Waals surface area contributed by atoms with Crippen molar-refractivity contribution in [3.8, 4) is 0 Å². The molecule has 0 heterocycles. The summed E-state index contributed by atoms with van der Waals surface area (Å²) in [6.45, 7) is 8.68. The molecule has 3 nitrogen and oxygen atoms in total. The number of hydrogen-bond donors (Lipinski definition) is 2. The number of hydrogen-bond acceptors (Lipinski definition) is 2. The Labute approximate surface area is 87.4 Å². The summed E-state index contributed by atoms with van der Waals surface area (Å²) in [7, 11) is 0. The lowest BCUT2D eigenvalue weighted by Crippen LogP contribution is -2.41. The molecule has 3 N–H and O–H groups in total. The van der Waals surface area contributed by atoms with Gasteiger partial charge in [0.1, 0.15) is 0 Å². The fraction of sp³-hybridized carbons (Fsp3) is 0.909. The van der Waals surface area contributed by atoms with Gasteiger partial charge in [0.15, 0.2) is 0 Å². The fourth-order valence-corrected chi connectivity index (χ4v) is 1.44. The van der Waals surface area contributed by atoms with Crippen LogP contribution in [0.25, 0.3) is 0 Å². The molecule has 0 rings (SSSR count). The van der Waals surface area contributed by atoms with Crippen molar-refractivity contribution in [1.82, 2.24) is 5.32 Å². The van der Waals surface area contributed by atoms with Crippen LogP contribution < -0.4 is 11.1 Å². The second-order valence-electron chi connectivity index (χ2n) is 4.89. The average molecular weight is 200 g/mol. The van der Waals surface area contributed by atoms with Crippen LogP contribution in [0, 0.1) is 5.92 Å². The Balaban J connectivity index is 3.91. The molecular weight excluding hydrogens is 176 g/mol. The molecule has 0 aliphatic carbocycles. The third-order valence-corrected chi connectivity index (χ3v) is 2.02. The lowest BCUT2D eigenvalue weighted by atomic mass is 9.99. The van der Waals surface area contributed by atoms with Crippen molar-refractivity contribution < 1.29 is 4.79 Å². The van der Waals surface area contributed by atoms with Gasteiger partial charge in [0.05, 0.1) is 0 Å². The molecule has 1 atom stereocenters. The van der Waals surface area contributed by atoms with E-state index in [2.05, 4.69) is 12.2 Å². The Kier molecular flexibility index (Phi) is 5.77. The van der Waals surface area contributed by atoms with Gasteiger partial charge in [0.25, 0.3) is 0 Å². The van der Waals surface area contributed by atoms with Crippen LogP contribution in [0.4, 0.5) is 0 Å². The molecule has 14 heavy (non-hydrogen) atoms. The summed E-state index contributed by atoms with van der Waals surface area (Å²) in [6.07, 6.45) is 2.68. The van der Waals surface area contributed by atoms with E-state index in [0.29, 0.717) is 18.9 Å². The SMILES string of the molecule is CCCC(CN)CC(=O)NC(C)(C)C. The van der Waals surface area contributed by atoms with Gasteiger partial charge >= 0.3 is 0 Å². The number of carbonyl (C=O) groups excluding carboxylic acids is 1. The maximum Gasteiger partial charge on any atom is 0.220 e.